The molecule has 1 aromatic heterocycles. The van der Waals surface area contributed by atoms with Crippen molar-refractivity contribution in [1.82, 2.24) is 15.6 Å². The molecule has 156 valence electrons. The summed E-state index contributed by atoms with van der Waals surface area (Å²) >= 11 is 0. The van der Waals surface area contributed by atoms with Gasteiger partial charge in [0.25, 0.3) is 5.91 Å². The molecule has 0 unspecified atom stereocenters. The van der Waals surface area contributed by atoms with Crippen molar-refractivity contribution in [3.8, 4) is 28.5 Å². The van der Waals surface area contributed by atoms with E-state index in [1.54, 1.807) is 18.2 Å². The molecule has 8 heteroatoms. The second-order valence-electron chi connectivity index (χ2n) is 6.38. The maximum absolute atomic E-state index is 12.4. The van der Waals surface area contributed by atoms with Gasteiger partial charge in [0.15, 0.2) is 11.5 Å². The van der Waals surface area contributed by atoms with Crippen LogP contribution in [0.1, 0.15) is 28.5 Å². The monoisotopic (exact) mass is 408 g/mol. The number of aromatic nitrogens is 2. The Balaban J connectivity index is 1.70. The zero-order valence-corrected chi connectivity index (χ0v) is 17.4. The molecule has 8 nitrogen and oxygen atoms in total. The summed E-state index contributed by atoms with van der Waals surface area (Å²) in [5.74, 6) is 1.08. The molecule has 0 aliphatic rings. The van der Waals surface area contributed by atoms with Crippen molar-refractivity contribution in [2.24, 2.45) is 5.10 Å². The van der Waals surface area contributed by atoms with Crippen LogP contribution in [0.3, 0.4) is 0 Å². The van der Waals surface area contributed by atoms with Gasteiger partial charge in [-0.3, -0.25) is 9.89 Å². The molecule has 0 aliphatic carbocycles. The molecule has 1 heterocycles. The Labute approximate surface area is 174 Å². The SMILES string of the molecule is CCc1ccc(-c2cc(C(=O)N/N=C/c3cc(OC)c(OC)c(OC)c3)[nH]n2)cc1. The van der Waals surface area contributed by atoms with Crippen molar-refractivity contribution in [3.05, 3.63) is 59.3 Å². The van der Waals surface area contributed by atoms with E-state index < -0.39 is 5.91 Å². The number of nitrogens with zero attached hydrogens (tertiary/aromatic N) is 2. The van der Waals surface area contributed by atoms with E-state index >= 15 is 0 Å². The van der Waals surface area contributed by atoms with Crippen LogP contribution in [0.2, 0.25) is 0 Å². The van der Waals surface area contributed by atoms with E-state index in [2.05, 4.69) is 27.6 Å². The van der Waals surface area contributed by atoms with E-state index in [1.165, 1.54) is 33.1 Å². The van der Waals surface area contributed by atoms with E-state index in [4.69, 9.17) is 14.2 Å². The summed E-state index contributed by atoms with van der Waals surface area (Å²) in [5, 5.41) is 11.0. The second kappa shape index (κ2) is 9.60. The van der Waals surface area contributed by atoms with E-state index in [9.17, 15) is 4.79 Å². The highest BCUT2D eigenvalue weighted by Gasteiger charge is 2.13. The molecule has 2 aromatic carbocycles. The van der Waals surface area contributed by atoms with Crippen LogP contribution in [0, 0.1) is 0 Å². The number of methoxy groups -OCH3 is 3. The largest absolute Gasteiger partial charge is 0.493 e. The zero-order chi connectivity index (χ0) is 21.5. The molecule has 0 bridgehead atoms. The smallest absolute Gasteiger partial charge is 0.289 e. The van der Waals surface area contributed by atoms with Gasteiger partial charge in [0.2, 0.25) is 5.75 Å². The van der Waals surface area contributed by atoms with Crippen molar-refractivity contribution in [3.63, 3.8) is 0 Å². The number of carbonyl (C=O) groups is 1. The van der Waals surface area contributed by atoms with E-state index in [-0.39, 0.29) is 0 Å². The summed E-state index contributed by atoms with van der Waals surface area (Å²) < 4.78 is 15.9. The number of hydrogen-bond donors (Lipinski definition) is 2. The predicted molar refractivity (Wildman–Crippen MR) is 115 cm³/mol. The second-order valence-corrected chi connectivity index (χ2v) is 6.38. The third-order valence-electron chi connectivity index (χ3n) is 4.55. The fraction of sp³-hybridized carbons (Fsp3) is 0.227. The minimum absolute atomic E-state index is 0.312. The summed E-state index contributed by atoms with van der Waals surface area (Å²) in [6.45, 7) is 2.10. The first-order chi connectivity index (χ1) is 14.6. The predicted octanol–water partition coefficient (Wildman–Crippen LogP) is 3.43. The van der Waals surface area contributed by atoms with Gasteiger partial charge in [0.1, 0.15) is 5.69 Å². The standard InChI is InChI=1S/C22H24N4O4/c1-5-14-6-8-16(9-7-14)17-12-18(25-24-17)22(27)26-23-13-15-10-19(28-2)21(30-4)20(11-15)29-3/h6-13H,5H2,1-4H3,(H,24,25)(H,26,27)/b23-13+. The van der Waals surface area contributed by atoms with E-state index in [0.717, 1.165) is 12.0 Å². The molecule has 1 amide bonds. The number of hydrazone groups is 1. The first-order valence-electron chi connectivity index (χ1n) is 9.37. The number of H-pyrrole nitrogens is 1. The summed E-state index contributed by atoms with van der Waals surface area (Å²) in [7, 11) is 4.60. The molecule has 3 rings (SSSR count). The van der Waals surface area contributed by atoms with Gasteiger partial charge in [-0.2, -0.15) is 10.2 Å². The number of rotatable bonds is 8. The van der Waals surface area contributed by atoms with Gasteiger partial charge < -0.3 is 14.2 Å². The Bertz CT molecular complexity index is 1020. The van der Waals surface area contributed by atoms with Crippen molar-refractivity contribution in [1.29, 1.82) is 0 Å². The van der Waals surface area contributed by atoms with Gasteiger partial charge in [-0.1, -0.05) is 31.2 Å². The lowest BCUT2D eigenvalue weighted by atomic mass is 10.1. The molecule has 30 heavy (non-hydrogen) atoms. The Kier molecular flexibility index (Phi) is 6.69. The maximum Gasteiger partial charge on any atom is 0.289 e. The third-order valence-corrected chi connectivity index (χ3v) is 4.55. The third kappa shape index (κ3) is 4.60. The number of aryl methyl sites for hydroxylation is 1. The number of carbonyl (C=O) groups excluding carboxylic acids is 1. The zero-order valence-electron chi connectivity index (χ0n) is 17.4. The van der Waals surface area contributed by atoms with Crippen LogP contribution in [0.4, 0.5) is 0 Å². The fourth-order valence-corrected chi connectivity index (χ4v) is 2.90. The highest BCUT2D eigenvalue weighted by molar-refractivity contribution is 5.94. The quantitative estimate of drug-likeness (QED) is 0.440. The highest BCUT2D eigenvalue weighted by Crippen LogP contribution is 2.37. The number of aromatic amines is 1. The molecule has 0 saturated heterocycles. The molecule has 0 radical (unpaired) electrons. The fourth-order valence-electron chi connectivity index (χ4n) is 2.90. The summed E-state index contributed by atoms with van der Waals surface area (Å²) in [4.78, 5) is 12.4. The Morgan fingerprint density at radius 2 is 1.73 bits per heavy atom. The van der Waals surface area contributed by atoms with Crippen LogP contribution in [-0.2, 0) is 6.42 Å². The van der Waals surface area contributed by atoms with Gasteiger partial charge in [-0.25, -0.2) is 5.43 Å². The maximum atomic E-state index is 12.4. The minimum Gasteiger partial charge on any atom is -0.493 e. The lowest BCUT2D eigenvalue weighted by Crippen LogP contribution is -2.18. The van der Waals surface area contributed by atoms with Gasteiger partial charge in [0.05, 0.1) is 33.2 Å². The normalized spacial score (nSPS) is 10.8. The van der Waals surface area contributed by atoms with E-state index in [1.807, 2.05) is 24.3 Å². The number of nitrogens with one attached hydrogen (secondary N) is 2. The van der Waals surface area contributed by atoms with Crippen LogP contribution in [0.5, 0.6) is 17.2 Å². The molecule has 0 atom stereocenters. The van der Waals surface area contributed by atoms with Crippen LogP contribution >= 0.6 is 0 Å². The lowest BCUT2D eigenvalue weighted by Gasteiger charge is -2.12. The molecular weight excluding hydrogens is 384 g/mol. The molecule has 3 aromatic rings. The first-order valence-corrected chi connectivity index (χ1v) is 9.37. The highest BCUT2D eigenvalue weighted by atomic mass is 16.5. The van der Waals surface area contributed by atoms with Crippen molar-refractivity contribution in [2.75, 3.05) is 21.3 Å². The molecule has 0 fully saturated rings. The van der Waals surface area contributed by atoms with Crippen LogP contribution < -0.4 is 19.6 Å². The Hall–Kier alpha value is -3.81. The number of benzene rings is 2. The van der Waals surface area contributed by atoms with Crippen LogP contribution in [0.15, 0.2) is 47.6 Å². The molecule has 0 saturated carbocycles. The summed E-state index contributed by atoms with van der Waals surface area (Å²) in [6.07, 6.45) is 2.46. The topological polar surface area (TPSA) is 97.8 Å². The lowest BCUT2D eigenvalue weighted by molar-refractivity contribution is 0.0950. The van der Waals surface area contributed by atoms with Crippen molar-refractivity contribution >= 4 is 12.1 Å². The molecule has 0 spiro atoms. The summed E-state index contributed by atoms with van der Waals surface area (Å²) in [6, 6.07) is 13.2. The number of hydrogen-bond acceptors (Lipinski definition) is 6. The Morgan fingerprint density at radius 3 is 2.30 bits per heavy atom. The van der Waals surface area contributed by atoms with Gasteiger partial charge in [-0.05, 0) is 30.2 Å². The van der Waals surface area contributed by atoms with Crippen LogP contribution in [0.25, 0.3) is 11.3 Å². The minimum atomic E-state index is -0.400. The van der Waals surface area contributed by atoms with Gasteiger partial charge in [0, 0.05) is 11.1 Å². The first kappa shape index (κ1) is 20.9. The van der Waals surface area contributed by atoms with Crippen molar-refractivity contribution in [2.45, 2.75) is 13.3 Å². The average Bonchev–Trinajstić information content (AvgIpc) is 3.28. The Morgan fingerprint density at radius 1 is 1.07 bits per heavy atom. The van der Waals surface area contributed by atoms with Gasteiger partial charge >= 0.3 is 0 Å². The molecule has 2 N–H and O–H groups in total. The van der Waals surface area contributed by atoms with Crippen LogP contribution in [-0.4, -0.2) is 43.6 Å². The molecular formula is C22H24N4O4. The van der Waals surface area contributed by atoms with E-state index in [0.29, 0.717) is 34.2 Å². The molecule has 0 aliphatic heterocycles. The number of amides is 1. The number of ether oxygens (including phenoxy) is 3. The van der Waals surface area contributed by atoms with Crippen molar-refractivity contribution < 1.29 is 19.0 Å². The average molecular weight is 408 g/mol. The summed E-state index contributed by atoms with van der Waals surface area (Å²) in [5.41, 5.74) is 6.33. The van der Waals surface area contributed by atoms with Gasteiger partial charge in [-0.15, -0.1) is 0 Å².